The zero-order valence-electron chi connectivity index (χ0n) is 17.3. The van der Waals surface area contributed by atoms with Crippen molar-refractivity contribution in [2.45, 2.75) is 40.4 Å². The van der Waals surface area contributed by atoms with Gasteiger partial charge in [0.05, 0.1) is 57.9 Å². The van der Waals surface area contributed by atoms with E-state index in [0.29, 0.717) is 0 Å². The van der Waals surface area contributed by atoms with Crippen LogP contribution in [0.5, 0.6) is 0 Å². The molecule has 0 aromatic carbocycles. The minimum atomic E-state index is -1.42. The molecule has 0 aliphatic carbocycles. The van der Waals surface area contributed by atoms with Gasteiger partial charge in [0.1, 0.15) is 5.92 Å². The van der Waals surface area contributed by atoms with Crippen molar-refractivity contribution in [2.75, 3.05) is 39.6 Å². The predicted molar refractivity (Wildman–Crippen MR) is 97.3 cm³/mol. The lowest BCUT2D eigenvalue weighted by Crippen LogP contribution is -2.47. The third-order valence-electron chi connectivity index (χ3n) is 4.16. The standard InChI is InChI=1S/C19H30O10/c1-5-24-13(20)11-12(16(21)25-6-2)14(17(22)26-7-3)15(18(23)27-8-4)19-28-9-10-29-19/h12,14-15,19H,5-11H2,1-4H3. The number of rotatable bonds is 12. The van der Waals surface area contributed by atoms with E-state index in [1.807, 2.05) is 0 Å². The lowest BCUT2D eigenvalue weighted by molar-refractivity contribution is -0.187. The second-order valence-corrected chi connectivity index (χ2v) is 6.03. The summed E-state index contributed by atoms with van der Waals surface area (Å²) < 4.78 is 31.1. The van der Waals surface area contributed by atoms with Gasteiger partial charge in [0, 0.05) is 0 Å². The topological polar surface area (TPSA) is 124 Å². The van der Waals surface area contributed by atoms with E-state index in [4.69, 9.17) is 28.4 Å². The number of carbonyl (C=O) groups excluding carboxylic acids is 4. The second-order valence-electron chi connectivity index (χ2n) is 6.03. The van der Waals surface area contributed by atoms with Crippen LogP contribution in [0.1, 0.15) is 34.1 Å². The van der Waals surface area contributed by atoms with Crippen LogP contribution in [0.4, 0.5) is 0 Å². The molecule has 166 valence electrons. The monoisotopic (exact) mass is 418 g/mol. The van der Waals surface area contributed by atoms with Gasteiger partial charge in [-0.2, -0.15) is 0 Å². The molecule has 0 aromatic rings. The fourth-order valence-electron chi connectivity index (χ4n) is 3.05. The molecule has 3 unspecified atom stereocenters. The predicted octanol–water partition coefficient (Wildman–Crippen LogP) is 0.850. The van der Waals surface area contributed by atoms with E-state index in [2.05, 4.69) is 0 Å². The first-order valence-corrected chi connectivity index (χ1v) is 9.79. The van der Waals surface area contributed by atoms with Crippen LogP contribution in [0.3, 0.4) is 0 Å². The molecule has 0 amide bonds. The number of esters is 4. The lowest BCUT2D eigenvalue weighted by Gasteiger charge is -2.31. The maximum absolute atomic E-state index is 12.8. The lowest BCUT2D eigenvalue weighted by atomic mass is 9.79. The van der Waals surface area contributed by atoms with Gasteiger partial charge in [0.2, 0.25) is 0 Å². The number of ether oxygens (including phenoxy) is 6. The highest BCUT2D eigenvalue weighted by molar-refractivity contribution is 5.89. The minimum Gasteiger partial charge on any atom is -0.466 e. The van der Waals surface area contributed by atoms with Crippen molar-refractivity contribution in [1.82, 2.24) is 0 Å². The Morgan fingerprint density at radius 3 is 1.76 bits per heavy atom. The molecule has 0 aromatic heterocycles. The van der Waals surface area contributed by atoms with E-state index in [0.717, 1.165) is 0 Å². The Morgan fingerprint density at radius 2 is 1.24 bits per heavy atom. The third-order valence-corrected chi connectivity index (χ3v) is 4.16. The highest BCUT2D eigenvalue weighted by Crippen LogP contribution is 2.34. The summed E-state index contributed by atoms with van der Waals surface area (Å²) in [6.45, 7) is 6.96. The molecule has 1 aliphatic rings. The molecule has 10 heteroatoms. The van der Waals surface area contributed by atoms with E-state index in [9.17, 15) is 19.2 Å². The fraction of sp³-hybridized carbons (Fsp3) is 0.789. The molecule has 0 spiro atoms. The molecule has 1 rings (SSSR count). The summed E-state index contributed by atoms with van der Waals surface area (Å²) in [7, 11) is 0. The van der Waals surface area contributed by atoms with Crippen molar-refractivity contribution < 1.29 is 47.6 Å². The number of carbonyl (C=O) groups is 4. The third kappa shape index (κ3) is 7.28. The van der Waals surface area contributed by atoms with Crippen LogP contribution in [0, 0.1) is 17.8 Å². The molecule has 0 radical (unpaired) electrons. The molecule has 3 atom stereocenters. The highest BCUT2D eigenvalue weighted by Gasteiger charge is 2.51. The van der Waals surface area contributed by atoms with E-state index < -0.39 is 54.3 Å². The van der Waals surface area contributed by atoms with E-state index in [1.54, 1.807) is 27.7 Å². The van der Waals surface area contributed by atoms with E-state index >= 15 is 0 Å². The van der Waals surface area contributed by atoms with Crippen molar-refractivity contribution >= 4 is 23.9 Å². The average molecular weight is 418 g/mol. The molecule has 10 nitrogen and oxygen atoms in total. The Kier molecular flexibility index (Phi) is 11.2. The van der Waals surface area contributed by atoms with Crippen LogP contribution in [-0.4, -0.2) is 69.8 Å². The molecule has 0 bridgehead atoms. The van der Waals surface area contributed by atoms with Gasteiger partial charge < -0.3 is 28.4 Å². The highest BCUT2D eigenvalue weighted by atomic mass is 16.7. The van der Waals surface area contributed by atoms with Gasteiger partial charge in [-0.1, -0.05) is 0 Å². The van der Waals surface area contributed by atoms with Gasteiger partial charge in [0.15, 0.2) is 6.29 Å². The molecule has 29 heavy (non-hydrogen) atoms. The second kappa shape index (κ2) is 13.1. The van der Waals surface area contributed by atoms with Crippen molar-refractivity contribution in [3.63, 3.8) is 0 Å². The maximum Gasteiger partial charge on any atom is 0.315 e. The van der Waals surface area contributed by atoms with E-state index in [1.165, 1.54) is 0 Å². The van der Waals surface area contributed by atoms with Crippen LogP contribution in [0.15, 0.2) is 0 Å². The largest absolute Gasteiger partial charge is 0.466 e. The van der Waals surface area contributed by atoms with Gasteiger partial charge >= 0.3 is 23.9 Å². The minimum absolute atomic E-state index is 0.00616. The Bertz CT molecular complexity index is 555. The number of hydrogen-bond acceptors (Lipinski definition) is 10. The van der Waals surface area contributed by atoms with Crippen molar-refractivity contribution in [1.29, 1.82) is 0 Å². The molecule has 1 fully saturated rings. The molecule has 0 saturated carbocycles. The average Bonchev–Trinajstić information content (AvgIpc) is 3.19. The van der Waals surface area contributed by atoms with Crippen molar-refractivity contribution in [3.8, 4) is 0 Å². The van der Waals surface area contributed by atoms with E-state index in [-0.39, 0.29) is 39.6 Å². The van der Waals surface area contributed by atoms with Crippen LogP contribution in [0.2, 0.25) is 0 Å². The van der Waals surface area contributed by atoms with Crippen LogP contribution in [-0.2, 0) is 47.6 Å². The summed E-state index contributed by atoms with van der Waals surface area (Å²) >= 11 is 0. The summed E-state index contributed by atoms with van der Waals surface area (Å²) in [5.74, 6) is -7.26. The number of hydrogen-bond donors (Lipinski definition) is 0. The first-order valence-electron chi connectivity index (χ1n) is 9.79. The van der Waals surface area contributed by atoms with Gasteiger partial charge in [-0.15, -0.1) is 0 Å². The molecule has 1 aliphatic heterocycles. The summed E-state index contributed by atoms with van der Waals surface area (Å²) in [6.07, 6.45) is -1.60. The fourth-order valence-corrected chi connectivity index (χ4v) is 3.05. The molecular formula is C19H30O10. The maximum atomic E-state index is 12.8. The SMILES string of the molecule is CCOC(=O)CC(C(=O)OCC)C(C(=O)OCC)C(C(=O)OCC)C1OCCO1. The van der Waals surface area contributed by atoms with Crippen molar-refractivity contribution in [3.05, 3.63) is 0 Å². The Labute approximate surface area is 170 Å². The first kappa shape index (κ1) is 24.8. The Morgan fingerprint density at radius 1 is 0.759 bits per heavy atom. The summed E-state index contributed by atoms with van der Waals surface area (Å²) in [6, 6.07) is 0. The first-order chi connectivity index (χ1) is 13.9. The zero-order chi connectivity index (χ0) is 21.8. The smallest absolute Gasteiger partial charge is 0.315 e. The van der Waals surface area contributed by atoms with Gasteiger partial charge in [-0.3, -0.25) is 19.2 Å². The van der Waals surface area contributed by atoms with Gasteiger partial charge in [-0.25, -0.2) is 0 Å². The van der Waals surface area contributed by atoms with Crippen LogP contribution >= 0.6 is 0 Å². The normalized spacial score (nSPS) is 17.1. The summed E-state index contributed by atoms with van der Waals surface area (Å²) in [5, 5.41) is 0. The van der Waals surface area contributed by atoms with Gasteiger partial charge in [0.25, 0.3) is 0 Å². The molecule has 1 heterocycles. The van der Waals surface area contributed by atoms with Crippen molar-refractivity contribution in [2.24, 2.45) is 17.8 Å². The Hall–Kier alpha value is -2.20. The van der Waals surface area contributed by atoms with Crippen LogP contribution in [0.25, 0.3) is 0 Å². The zero-order valence-corrected chi connectivity index (χ0v) is 17.3. The van der Waals surface area contributed by atoms with Gasteiger partial charge in [-0.05, 0) is 27.7 Å². The van der Waals surface area contributed by atoms with Crippen LogP contribution < -0.4 is 0 Å². The molecule has 1 saturated heterocycles. The quantitative estimate of drug-likeness (QED) is 0.333. The summed E-state index contributed by atoms with van der Waals surface area (Å²) in [4.78, 5) is 50.3. The Balaban J connectivity index is 3.38. The molecular weight excluding hydrogens is 388 g/mol. The summed E-state index contributed by atoms with van der Waals surface area (Å²) in [5.41, 5.74) is 0. The molecule has 0 N–H and O–H groups in total.